The zero-order valence-electron chi connectivity index (χ0n) is 20.8. The van der Waals surface area contributed by atoms with Crippen LogP contribution < -0.4 is 24.5 Å². The van der Waals surface area contributed by atoms with Gasteiger partial charge in [0.2, 0.25) is 0 Å². The molecule has 0 radical (unpaired) electrons. The van der Waals surface area contributed by atoms with Crippen LogP contribution in [0.25, 0.3) is 0 Å². The van der Waals surface area contributed by atoms with Gasteiger partial charge in [-0.15, -0.1) is 0 Å². The van der Waals surface area contributed by atoms with Crippen LogP contribution in [0, 0.1) is 0 Å². The van der Waals surface area contributed by atoms with Gasteiger partial charge in [0.1, 0.15) is 5.75 Å². The molecule has 0 fully saturated rings. The highest BCUT2D eigenvalue weighted by Crippen LogP contribution is 2.28. The van der Waals surface area contributed by atoms with E-state index in [1.54, 1.807) is 50.8 Å². The van der Waals surface area contributed by atoms with Gasteiger partial charge in [0.25, 0.3) is 5.91 Å². The Morgan fingerprint density at radius 2 is 1.54 bits per heavy atom. The van der Waals surface area contributed by atoms with E-state index in [-0.39, 0.29) is 12.5 Å². The summed E-state index contributed by atoms with van der Waals surface area (Å²) >= 11 is 0. The van der Waals surface area contributed by atoms with E-state index < -0.39 is 0 Å². The van der Waals surface area contributed by atoms with Gasteiger partial charge in [-0.3, -0.25) is 9.80 Å². The summed E-state index contributed by atoms with van der Waals surface area (Å²) in [6.07, 6.45) is 1.78. The van der Waals surface area contributed by atoms with Crippen LogP contribution in [0.4, 0.5) is 11.4 Å². The average Bonchev–Trinajstić information content (AvgIpc) is 2.95. The molecule has 4 aromatic rings. The summed E-state index contributed by atoms with van der Waals surface area (Å²) in [5, 5.41) is 9.47. The number of carbonyl (C=O) groups is 1. The van der Waals surface area contributed by atoms with Gasteiger partial charge in [0.15, 0.2) is 18.1 Å². The molecule has 0 saturated heterocycles. The Kier molecular flexibility index (Phi) is 8.75. The van der Waals surface area contributed by atoms with Crippen molar-refractivity contribution in [1.82, 2.24) is 0 Å². The van der Waals surface area contributed by atoms with E-state index in [1.165, 1.54) is 0 Å². The van der Waals surface area contributed by atoms with E-state index in [2.05, 4.69) is 17.4 Å². The van der Waals surface area contributed by atoms with Gasteiger partial charge >= 0.3 is 0 Å². The summed E-state index contributed by atoms with van der Waals surface area (Å²) < 4.78 is 16.4. The van der Waals surface area contributed by atoms with Crippen LogP contribution in [0.15, 0.2) is 108 Å². The maximum atomic E-state index is 12.3. The number of nitrogens with one attached hydrogen (secondary N) is 1. The third-order valence-electron chi connectivity index (χ3n) is 5.50. The first-order valence-corrected chi connectivity index (χ1v) is 11.8. The van der Waals surface area contributed by atoms with Crippen molar-refractivity contribution in [3.63, 3.8) is 0 Å². The second-order valence-corrected chi connectivity index (χ2v) is 8.10. The summed E-state index contributed by atoms with van der Waals surface area (Å²) in [5.41, 5.74) is 3.63. The van der Waals surface area contributed by atoms with Crippen molar-refractivity contribution < 1.29 is 19.0 Å². The van der Waals surface area contributed by atoms with Crippen molar-refractivity contribution in [3.8, 4) is 17.2 Å². The number of para-hydroxylation sites is 1. The molecule has 0 aliphatic heterocycles. The van der Waals surface area contributed by atoms with Crippen LogP contribution in [0.1, 0.15) is 11.1 Å². The minimum absolute atomic E-state index is 0.158. The standard InChI is InChI=1S/C30H29N3O4/c1-35-27-16-14-25(15-17-27)32-30(34)22-37-28-18-13-24(19-29(28)36-2)20-31-33(26-11-7-4-8-12-26)21-23-9-5-3-6-10-23/h3-20H,21-22H2,1-2H3,(H,32,34)/b31-20+. The van der Waals surface area contributed by atoms with E-state index >= 15 is 0 Å². The van der Waals surface area contributed by atoms with Gasteiger partial charge in [-0.25, -0.2) is 0 Å². The molecule has 188 valence electrons. The van der Waals surface area contributed by atoms with Crippen LogP contribution in [0.2, 0.25) is 0 Å². The monoisotopic (exact) mass is 495 g/mol. The van der Waals surface area contributed by atoms with Crippen LogP contribution in [0.3, 0.4) is 0 Å². The first-order chi connectivity index (χ1) is 18.1. The lowest BCUT2D eigenvalue weighted by Crippen LogP contribution is -2.20. The summed E-state index contributed by atoms with van der Waals surface area (Å²) in [7, 11) is 3.15. The Morgan fingerprint density at radius 3 is 2.22 bits per heavy atom. The lowest BCUT2D eigenvalue weighted by atomic mass is 10.2. The molecule has 1 amide bonds. The zero-order valence-corrected chi connectivity index (χ0v) is 20.8. The Morgan fingerprint density at radius 1 is 0.838 bits per heavy atom. The number of ether oxygens (including phenoxy) is 3. The molecule has 0 aliphatic carbocycles. The number of methoxy groups -OCH3 is 2. The smallest absolute Gasteiger partial charge is 0.262 e. The molecule has 4 rings (SSSR count). The molecule has 7 nitrogen and oxygen atoms in total. The number of benzene rings is 4. The fraction of sp³-hybridized carbons (Fsp3) is 0.133. The minimum atomic E-state index is -0.280. The van der Waals surface area contributed by atoms with Gasteiger partial charge in [-0.1, -0.05) is 48.5 Å². The van der Waals surface area contributed by atoms with Crippen LogP contribution in [-0.4, -0.2) is 32.9 Å². The molecule has 0 spiro atoms. The molecule has 7 heteroatoms. The maximum Gasteiger partial charge on any atom is 0.262 e. The maximum absolute atomic E-state index is 12.3. The lowest BCUT2D eigenvalue weighted by molar-refractivity contribution is -0.118. The highest BCUT2D eigenvalue weighted by atomic mass is 16.5. The third kappa shape index (κ3) is 7.35. The van der Waals surface area contributed by atoms with Crippen LogP contribution in [0.5, 0.6) is 17.2 Å². The number of nitrogens with zero attached hydrogens (tertiary/aromatic N) is 2. The zero-order chi connectivity index (χ0) is 25.9. The first kappa shape index (κ1) is 25.3. The van der Waals surface area contributed by atoms with Crippen molar-refractivity contribution in [1.29, 1.82) is 0 Å². The van der Waals surface area contributed by atoms with E-state index in [4.69, 9.17) is 19.3 Å². The van der Waals surface area contributed by atoms with Crippen molar-refractivity contribution in [2.24, 2.45) is 5.10 Å². The van der Waals surface area contributed by atoms with Crippen LogP contribution in [-0.2, 0) is 11.3 Å². The highest BCUT2D eigenvalue weighted by molar-refractivity contribution is 5.92. The molecule has 0 saturated carbocycles. The highest BCUT2D eigenvalue weighted by Gasteiger charge is 2.10. The number of hydrazone groups is 1. The van der Waals surface area contributed by atoms with Gasteiger partial charge in [0.05, 0.1) is 32.7 Å². The predicted octanol–water partition coefficient (Wildman–Crippen LogP) is 5.76. The number of amides is 1. The fourth-order valence-electron chi connectivity index (χ4n) is 3.59. The SMILES string of the molecule is COc1ccc(NC(=O)COc2ccc(/C=N/N(Cc3ccccc3)c3ccccc3)cc2OC)cc1. The largest absolute Gasteiger partial charge is 0.497 e. The van der Waals surface area contributed by atoms with Crippen molar-refractivity contribution in [3.05, 3.63) is 114 Å². The molecule has 0 heterocycles. The molecule has 4 aromatic carbocycles. The number of hydrogen-bond donors (Lipinski definition) is 1. The number of hydrogen-bond acceptors (Lipinski definition) is 6. The van der Waals surface area contributed by atoms with Crippen molar-refractivity contribution in [2.75, 3.05) is 31.2 Å². The third-order valence-corrected chi connectivity index (χ3v) is 5.50. The molecular weight excluding hydrogens is 466 g/mol. The summed E-state index contributed by atoms with van der Waals surface area (Å²) in [6, 6.07) is 32.7. The number of carbonyl (C=O) groups excluding carboxylic acids is 1. The Bertz CT molecular complexity index is 1310. The molecular formula is C30H29N3O4. The van der Waals surface area contributed by atoms with E-state index in [0.29, 0.717) is 23.7 Å². The first-order valence-electron chi connectivity index (χ1n) is 11.8. The van der Waals surface area contributed by atoms with Gasteiger partial charge in [0, 0.05) is 5.69 Å². The van der Waals surface area contributed by atoms with Gasteiger partial charge < -0.3 is 19.5 Å². The van der Waals surface area contributed by atoms with Crippen LogP contribution >= 0.6 is 0 Å². The number of anilines is 2. The summed E-state index contributed by atoms with van der Waals surface area (Å²) in [6.45, 7) is 0.470. The Labute approximate surface area is 216 Å². The van der Waals surface area contributed by atoms with Crippen molar-refractivity contribution >= 4 is 23.5 Å². The molecule has 37 heavy (non-hydrogen) atoms. The van der Waals surface area contributed by atoms with E-state index in [9.17, 15) is 4.79 Å². The van der Waals surface area contributed by atoms with E-state index in [0.717, 1.165) is 22.6 Å². The van der Waals surface area contributed by atoms with Gasteiger partial charge in [-0.05, 0) is 65.7 Å². The second kappa shape index (κ2) is 12.8. The van der Waals surface area contributed by atoms with E-state index in [1.807, 2.05) is 65.7 Å². The van der Waals surface area contributed by atoms with Crippen molar-refractivity contribution in [2.45, 2.75) is 6.54 Å². The molecule has 0 bridgehead atoms. The normalized spacial score (nSPS) is 10.6. The fourth-order valence-corrected chi connectivity index (χ4v) is 3.59. The molecule has 0 unspecified atom stereocenters. The molecule has 1 N–H and O–H groups in total. The quantitative estimate of drug-likeness (QED) is 0.212. The summed E-state index contributed by atoms with van der Waals surface area (Å²) in [5.74, 6) is 1.41. The molecule has 0 atom stereocenters. The molecule has 0 aliphatic rings. The number of rotatable bonds is 11. The second-order valence-electron chi connectivity index (χ2n) is 8.10. The Hall–Kier alpha value is -4.78. The topological polar surface area (TPSA) is 72.4 Å². The minimum Gasteiger partial charge on any atom is -0.497 e. The lowest BCUT2D eigenvalue weighted by Gasteiger charge is -2.19. The van der Waals surface area contributed by atoms with Gasteiger partial charge in [-0.2, -0.15) is 5.10 Å². The Balaban J connectivity index is 1.42. The predicted molar refractivity (Wildman–Crippen MR) is 147 cm³/mol. The average molecular weight is 496 g/mol. The molecule has 0 aromatic heterocycles. The summed E-state index contributed by atoms with van der Waals surface area (Å²) in [4.78, 5) is 12.3.